The van der Waals surface area contributed by atoms with E-state index in [0.717, 1.165) is 5.69 Å². The number of hydrogen-bond acceptors (Lipinski definition) is 3. The molecule has 2 heterocycles. The smallest absolute Gasteiger partial charge is 0.285 e. The minimum atomic E-state index is -0.625. The lowest BCUT2D eigenvalue weighted by Gasteiger charge is -2.07. The summed E-state index contributed by atoms with van der Waals surface area (Å²) in [7, 11) is 0. The van der Waals surface area contributed by atoms with Crippen molar-refractivity contribution in [1.29, 1.82) is 0 Å². The number of hydrogen-bond donors (Lipinski definition) is 1. The summed E-state index contributed by atoms with van der Waals surface area (Å²) in [4.78, 5) is 19.6. The third-order valence-electron chi connectivity index (χ3n) is 2.62. The predicted molar refractivity (Wildman–Crippen MR) is 67.3 cm³/mol. The van der Waals surface area contributed by atoms with E-state index in [9.17, 15) is 4.79 Å². The first-order valence-corrected chi connectivity index (χ1v) is 5.33. The van der Waals surface area contributed by atoms with E-state index in [0.29, 0.717) is 17.1 Å². The highest BCUT2D eigenvalue weighted by molar-refractivity contribution is 5.90. The van der Waals surface area contributed by atoms with Crippen LogP contribution in [-0.2, 0) is 0 Å². The van der Waals surface area contributed by atoms with Crippen molar-refractivity contribution in [3.63, 3.8) is 0 Å². The molecule has 0 unspecified atom stereocenters. The molecule has 5 heteroatoms. The molecule has 90 valence electrons. The Morgan fingerprint density at radius 1 is 1.44 bits per heavy atom. The molecule has 0 aliphatic rings. The second-order valence-corrected chi connectivity index (χ2v) is 3.87. The van der Waals surface area contributed by atoms with Crippen LogP contribution in [0.1, 0.15) is 27.7 Å². The van der Waals surface area contributed by atoms with Gasteiger partial charge in [0.15, 0.2) is 0 Å². The number of carbonyl (C=O) groups is 1. The molecule has 5 nitrogen and oxygen atoms in total. The molecule has 1 amide bonds. The number of terminal acetylenes is 1. The van der Waals surface area contributed by atoms with Crippen molar-refractivity contribution in [2.24, 2.45) is 5.73 Å². The molecular formula is C13H12N4O. The summed E-state index contributed by atoms with van der Waals surface area (Å²) in [6, 6.07) is 3.68. The number of amides is 1. The third kappa shape index (κ3) is 1.84. The van der Waals surface area contributed by atoms with Crippen molar-refractivity contribution >= 4 is 5.91 Å². The monoisotopic (exact) mass is 240 g/mol. The molecular weight excluding hydrogens is 228 g/mol. The van der Waals surface area contributed by atoms with Gasteiger partial charge in [-0.25, -0.2) is 4.98 Å². The molecule has 0 saturated heterocycles. The lowest BCUT2D eigenvalue weighted by atomic mass is 10.3. The third-order valence-corrected chi connectivity index (χ3v) is 2.62. The normalized spacial score (nSPS) is 10.1. The first-order chi connectivity index (χ1) is 8.54. The fourth-order valence-electron chi connectivity index (χ4n) is 1.71. The topological polar surface area (TPSA) is 73.8 Å². The Morgan fingerprint density at radius 3 is 2.67 bits per heavy atom. The molecule has 0 bridgehead atoms. The number of pyridine rings is 1. The molecule has 0 aliphatic heterocycles. The Bertz CT molecular complexity index is 647. The van der Waals surface area contributed by atoms with Crippen molar-refractivity contribution in [3.05, 3.63) is 41.2 Å². The molecule has 2 N–H and O–H groups in total. The van der Waals surface area contributed by atoms with Gasteiger partial charge < -0.3 is 5.73 Å². The lowest BCUT2D eigenvalue weighted by molar-refractivity contribution is 0.0988. The van der Waals surface area contributed by atoms with E-state index < -0.39 is 5.91 Å². The van der Waals surface area contributed by atoms with E-state index in [1.165, 1.54) is 0 Å². The van der Waals surface area contributed by atoms with E-state index in [1.54, 1.807) is 17.7 Å². The number of aryl methyl sites for hydroxylation is 1. The summed E-state index contributed by atoms with van der Waals surface area (Å²) in [5.41, 5.74) is 8.00. The molecule has 2 aromatic heterocycles. The van der Waals surface area contributed by atoms with Gasteiger partial charge in [-0.15, -0.1) is 6.42 Å². The van der Waals surface area contributed by atoms with Crippen LogP contribution in [0.3, 0.4) is 0 Å². The zero-order valence-electron chi connectivity index (χ0n) is 10.1. The number of nitrogens with zero attached hydrogens (tertiary/aromatic N) is 3. The van der Waals surface area contributed by atoms with Crippen molar-refractivity contribution in [3.8, 4) is 18.0 Å². The lowest BCUT2D eigenvalue weighted by Crippen LogP contribution is -2.18. The van der Waals surface area contributed by atoms with Gasteiger partial charge in [0.05, 0.1) is 17.6 Å². The number of nitrogens with two attached hydrogens (primary N) is 1. The summed E-state index contributed by atoms with van der Waals surface area (Å²) >= 11 is 0. The standard InChI is InChI=1S/C13H12N4O/c1-4-11-9(3)17(13(16-11)12(14)18)10-6-5-8(2)15-7-10/h1,5-7H,2-3H3,(H2,14,18). The van der Waals surface area contributed by atoms with Gasteiger partial charge in [0.2, 0.25) is 5.82 Å². The minimum Gasteiger partial charge on any atom is -0.363 e. The first-order valence-electron chi connectivity index (χ1n) is 5.33. The summed E-state index contributed by atoms with van der Waals surface area (Å²) in [5.74, 6) is 1.92. The van der Waals surface area contributed by atoms with Gasteiger partial charge in [0.1, 0.15) is 5.69 Å². The van der Waals surface area contributed by atoms with Gasteiger partial charge in [-0.2, -0.15) is 0 Å². The molecule has 2 aromatic rings. The fourth-order valence-corrected chi connectivity index (χ4v) is 1.71. The number of imidazole rings is 1. The summed E-state index contributed by atoms with van der Waals surface area (Å²) in [5, 5.41) is 0. The van der Waals surface area contributed by atoms with Crippen molar-refractivity contribution in [2.75, 3.05) is 0 Å². The van der Waals surface area contributed by atoms with Crippen molar-refractivity contribution < 1.29 is 4.79 Å². The van der Waals surface area contributed by atoms with Gasteiger partial charge in [-0.1, -0.05) is 0 Å². The average molecular weight is 240 g/mol. The van der Waals surface area contributed by atoms with Crippen molar-refractivity contribution in [1.82, 2.24) is 14.5 Å². The Hall–Kier alpha value is -2.61. The Labute approximate surface area is 105 Å². The second kappa shape index (κ2) is 4.34. The number of carbonyl (C=O) groups excluding carboxylic acids is 1. The fraction of sp³-hybridized carbons (Fsp3) is 0.154. The molecule has 0 saturated carbocycles. The van der Waals surface area contributed by atoms with Gasteiger partial charge in [-0.05, 0) is 31.9 Å². The average Bonchev–Trinajstić information content (AvgIpc) is 2.68. The highest BCUT2D eigenvalue weighted by Crippen LogP contribution is 2.17. The quantitative estimate of drug-likeness (QED) is 0.795. The highest BCUT2D eigenvalue weighted by atomic mass is 16.1. The summed E-state index contributed by atoms with van der Waals surface area (Å²) in [6.45, 7) is 3.67. The Balaban J connectivity index is 2.70. The summed E-state index contributed by atoms with van der Waals surface area (Å²) < 4.78 is 1.62. The van der Waals surface area contributed by atoms with Crippen LogP contribution in [0.25, 0.3) is 5.69 Å². The maximum absolute atomic E-state index is 11.4. The van der Waals surface area contributed by atoms with Crippen LogP contribution in [0.2, 0.25) is 0 Å². The number of primary amides is 1. The maximum atomic E-state index is 11.4. The maximum Gasteiger partial charge on any atom is 0.285 e. The van der Waals surface area contributed by atoms with E-state index in [-0.39, 0.29) is 5.82 Å². The van der Waals surface area contributed by atoms with E-state index in [2.05, 4.69) is 15.9 Å². The predicted octanol–water partition coefficient (Wildman–Crippen LogP) is 0.964. The molecule has 18 heavy (non-hydrogen) atoms. The zero-order chi connectivity index (χ0) is 13.3. The van der Waals surface area contributed by atoms with E-state index in [4.69, 9.17) is 12.2 Å². The number of rotatable bonds is 2. The van der Waals surface area contributed by atoms with Crippen LogP contribution >= 0.6 is 0 Å². The second-order valence-electron chi connectivity index (χ2n) is 3.87. The van der Waals surface area contributed by atoms with Crippen LogP contribution in [0.5, 0.6) is 0 Å². The largest absolute Gasteiger partial charge is 0.363 e. The molecule has 0 aliphatic carbocycles. The van der Waals surface area contributed by atoms with Gasteiger partial charge >= 0.3 is 0 Å². The molecule has 0 aromatic carbocycles. The number of aromatic nitrogens is 3. The SMILES string of the molecule is C#Cc1nc(C(N)=O)n(-c2ccc(C)nc2)c1C. The van der Waals surface area contributed by atoms with Crippen molar-refractivity contribution in [2.45, 2.75) is 13.8 Å². The Morgan fingerprint density at radius 2 is 2.17 bits per heavy atom. The van der Waals surface area contributed by atoms with Crippen LogP contribution in [0.15, 0.2) is 18.3 Å². The minimum absolute atomic E-state index is 0.117. The van der Waals surface area contributed by atoms with Gasteiger partial charge in [0, 0.05) is 5.69 Å². The van der Waals surface area contributed by atoms with Crippen LogP contribution < -0.4 is 5.73 Å². The molecule has 0 radical (unpaired) electrons. The van der Waals surface area contributed by atoms with E-state index >= 15 is 0 Å². The molecule has 0 spiro atoms. The molecule has 2 rings (SSSR count). The Kier molecular flexibility index (Phi) is 2.86. The van der Waals surface area contributed by atoms with E-state index in [1.807, 2.05) is 19.1 Å². The zero-order valence-corrected chi connectivity index (χ0v) is 10.1. The molecule has 0 fully saturated rings. The van der Waals surface area contributed by atoms with Crippen LogP contribution in [0.4, 0.5) is 0 Å². The van der Waals surface area contributed by atoms with Crippen LogP contribution in [0, 0.1) is 26.2 Å². The van der Waals surface area contributed by atoms with Gasteiger partial charge in [-0.3, -0.25) is 14.3 Å². The van der Waals surface area contributed by atoms with Crippen LogP contribution in [-0.4, -0.2) is 20.4 Å². The molecule has 0 atom stereocenters. The summed E-state index contributed by atoms with van der Waals surface area (Å²) in [6.07, 6.45) is 6.99. The highest BCUT2D eigenvalue weighted by Gasteiger charge is 2.18. The first kappa shape index (κ1) is 11.9. The van der Waals surface area contributed by atoms with Gasteiger partial charge in [0.25, 0.3) is 5.91 Å².